The van der Waals surface area contributed by atoms with Gasteiger partial charge in [-0.05, 0) is 24.6 Å². The molecule has 3 heteroatoms. The van der Waals surface area contributed by atoms with Crippen LogP contribution in [0.25, 0.3) is 0 Å². The lowest BCUT2D eigenvalue weighted by Crippen LogP contribution is -2.12. The van der Waals surface area contributed by atoms with Crippen molar-refractivity contribution in [1.29, 1.82) is 0 Å². The molecule has 0 N–H and O–H groups in total. The van der Waals surface area contributed by atoms with Crippen molar-refractivity contribution in [2.24, 2.45) is 0 Å². The highest BCUT2D eigenvalue weighted by atomic mass is 35.5. The second-order valence-corrected chi connectivity index (χ2v) is 3.54. The SMILES string of the molecule is CC(Cl)C(=O)Cc1cccc(F)c1. The van der Waals surface area contributed by atoms with Crippen LogP contribution < -0.4 is 0 Å². The average Bonchev–Trinajstić information content (AvgIpc) is 2.04. The molecule has 0 amide bonds. The van der Waals surface area contributed by atoms with E-state index >= 15 is 0 Å². The highest BCUT2D eigenvalue weighted by Crippen LogP contribution is 2.07. The zero-order valence-electron chi connectivity index (χ0n) is 7.26. The number of ketones is 1. The van der Waals surface area contributed by atoms with Gasteiger partial charge in [-0.2, -0.15) is 0 Å². The van der Waals surface area contributed by atoms with Crippen molar-refractivity contribution >= 4 is 17.4 Å². The lowest BCUT2D eigenvalue weighted by Gasteiger charge is -2.02. The monoisotopic (exact) mass is 200 g/mol. The van der Waals surface area contributed by atoms with Crippen LogP contribution in [0.3, 0.4) is 0 Å². The van der Waals surface area contributed by atoms with Crippen molar-refractivity contribution in [3.63, 3.8) is 0 Å². The Morgan fingerprint density at radius 1 is 1.62 bits per heavy atom. The van der Waals surface area contributed by atoms with Gasteiger partial charge in [-0.25, -0.2) is 4.39 Å². The fraction of sp³-hybridized carbons (Fsp3) is 0.300. The first-order chi connectivity index (χ1) is 6.09. The Morgan fingerprint density at radius 3 is 2.85 bits per heavy atom. The van der Waals surface area contributed by atoms with Crippen LogP contribution in [0.5, 0.6) is 0 Å². The molecule has 0 aliphatic carbocycles. The lowest BCUT2D eigenvalue weighted by atomic mass is 10.1. The predicted molar refractivity (Wildman–Crippen MR) is 50.4 cm³/mol. The van der Waals surface area contributed by atoms with Crippen molar-refractivity contribution in [3.05, 3.63) is 35.6 Å². The van der Waals surface area contributed by atoms with Crippen LogP contribution in [0.15, 0.2) is 24.3 Å². The van der Waals surface area contributed by atoms with Crippen molar-refractivity contribution in [2.45, 2.75) is 18.7 Å². The van der Waals surface area contributed by atoms with Gasteiger partial charge < -0.3 is 0 Å². The fourth-order valence-corrected chi connectivity index (χ4v) is 1.07. The van der Waals surface area contributed by atoms with Gasteiger partial charge >= 0.3 is 0 Å². The molecule has 0 spiro atoms. The van der Waals surface area contributed by atoms with Crippen molar-refractivity contribution in [3.8, 4) is 0 Å². The van der Waals surface area contributed by atoms with Gasteiger partial charge in [0.2, 0.25) is 0 Å². The van der Waals surface area contributed by atoms with E-state index in [0.29, 0.717) is 5.56 Å². The molecule has 0 saturated heterocycles. The number of alkyl halides is 1. The summed E-state index contributed by atoms with van der Waals surface area (Å²) in [4.78, 5) is 11.2. The van der Waals surface area contributed by atoms with E-state index < -0.39 is 5.38 Å². The Labute approximate surface area is 81.5 Å². The van der Waals surface area contributed by atoms with E-state index in [0.717, 1.165) is 0 Å². The minimum absolute atomic E-state index is 0.0905. The molecule has 1 unspecified atom stereocenters. The molecule has 0 fully saturated rings. The molecule has 1 atom stereocenters. The molecule has 1 aromatic carbocycles. The third kappa shape index (κ3) is 3.15. The van der Waals surface area contributed by atoms with Crippen molar-refractivity contribution in [2.75, 3.05) is 0 Å². The van der Waals surface area contributed by atoms with Gasteiger partial charge in [-0.1, -0.05) is 12.1 Å². The molecule has 0 aliphatic rings. The van der Waals surface area contributed by atoms with Crippen LogP contribution in [-0.2, 0) is 11.2 Å². The summed E-state index contributed by atoms with van der Waals surface area (Å²) >= 11 is 5.57. The summed E-state index contributed by atoms with van der Waals surface area (Å²) < 4.78 is 12.7. The van der Waals surface area contributed by atoms with Gasteiger partial charge in [0.15, 0.2) is 5.78 Å². The standard InChI is InChI=1S/C10H10ClFO/c1-7(11)10(13)6-8-3-2-4-9(12)5-8/h2-5,7H,6H2,1H3. The van der Waals surface area contributed by atoms with E-state index in [1.54, 1.807) is 19.1 Å². The summed E-state index contributed by atoms with van der Waals surface area (Å²) in [5.41, 5.74) is 0.664. The highest BCUT2D eigenvalue weighted by Gasteiger charge is 2.09. The molecular weight excluding hydrogens is 191 g/mol. The lowest BCUT2D eigenvalue weighted by molar-refractivity contribution is -0.117. The van der Waals surface area contributed by atoms with E-state index in [2.05, 4.69) is 0 Å². The van der Waals surface area contributed by atoms with E-state index in [4.69, 9.17) is 11.6 Å². The second kappa shape index (κ2) is 4.38. The molecule has 0 bridgehead atoms. The van der Waals surface area contributed by atoms with Gasteiger partial charge in [-0.3, -0.25) is 4.79 Å². The predicted octanol–water partition coefficient (Wildman–Crippen LogP) is 2.56. The first-order valence-corrected chi connectivity index (χ1v) is 4.44. The second-order valence-electron chi connectivity index (χ2n) is 2.89. The topological polar surface area (TPSA) is 17.1 Å². The smallest absolute Gasteiger partial charge is 0.154 e. The van der Waals surface area contributed by atoms with Gasteiger partial charge in [0.25, 0.3) is 0 Å². The van der Waals surface area contributed by atoms with Crippen LogP contribution in [0, 0.1) is 5.82 Å². The molecule has 0 aliphatic heterocycles. The molecular formula is C10H10ClFO. The average molecular weight is 201 g/mol. The maximum atomic E-state index is 12.7. The number of rotatable bonds is 3. The minimum atomic E-state index is -0.511. The third-order valence-corrected chi connectivity index (χ3v) is 1.95. The number of halogens is 2. The summed E-state index contributed by atoms with van der Waals surface area (Å²) in [6.07, 6.45) is 0.197. The van der Waals surface area contributed by atoms with E-state index in [-0.39, 0.29) is 18.0 Å². The quantitative estimate of drug-likeness (QED) is 0.686. The zero-order chi connectivity index (χ0) is 9.84. The molecule has 1 aromatic rings. The molecule has 1 nitrogen and oxygen atoms in total. The number of carbonyl (C=O) groups excluding carboxylic acids is 1. The molecule has 0 heterocycles. The van der Waals surface area contributed by atoms with Crippen molar-refractivity contribution in [1.82, 2.24) is 0 Å². The third-order valence-electron chi connectivity index (χ3n) is 1.71. The number of carbonyl (C=O) groups is 1. The van der Waals surface area contributed by atoms with Gasteiger partial charge in [0.1, 0.15) is 5.82 Å². The Kier molecular flexibility index (Phi) is 3.43. The number of Topliss-reactive ketones (excluding diaryl/α,β-unsaturated/α-hetero) is 1. The highest BCUT2D eigenvalue weighted by molar-refractivity contribution is 6.30. The molecule has 70 valence electrons. The molecule has 1 rings (SSSR count). The van der Waals surface area contributed by atoms with Gasteiger partial charge in [-0.15, -0.1) is 11.6 Å². The summed E-state index contributed by atoms with van der Waals surface area (Å²) in [6.45, 7) is 1.61. The zero-order valence-corrected chi connectivity index (χ0v) is 8.01. The minimum Gasteiger partial charge on any atom is -0.298 e. The van der Waals surface area contributed by atoms with Crippen LogP contribution in [-0.4, -0.2) is 11.2 Å². The van der Waals surface area contributed by atoms with E-state index in [1.165, 1.54) is 12.1 Å². The molecule has 13 heavy (non-hydrogen) atoms. The van der Waals surface area contributed by atoms with Crippen LogP contribution >= 0.6 is 11.6 Å². The molecule has 0 saturated carbocycles. The van der Waals surface area contributed by atoms with Gasteiger partial charge in [0.05, 0.1) is 5.38 Å². The van der Waals surface area contributed by atoms with E-state index in [1.807, 2.05) is 0 Å². The van der Waals surface area contributed by atoms with Crippen LogP contribution in [0.2, 0.25) is 0 Å². The summed E-state index contributed by atoms with van der Waals surface area (Å²) in [5, 5.41) is -0.511. The van der Waals surface area contributed by atoms with Crippen LogP contribution in [0.4, 0.5) is 4.39 Å². The number of benzene rings is 1. The fourth-order valence-electron chi connectivity index (χ4n) is 0.989. The maximum absolute atomic E-state index is 12.7. The first kappa shape index (κ1) is 10.2. The summed E-state index contributed by atoms with van der Waals surface area (Å²) in [5.74, 6) is -0.417. The van der Waals surface area contributed by atoms with Gasteiger partial charge in [0, 0.05) is 6.42 Å². The normalized spacial score (nSPS) is 12.5. The Hall–Kier alpha value is -0.890. The largest absolute Gasteiger partial charge is 0.298 e. The number of hydrogen-bond acceptors (Lipinski definition) is 1. The first-order valence-electron chi connectivity index (χ1n) is 4.01. The Morgan fingerprint density at radius 2 is 2.31 bits per heavy atom. The Bertz CT molecular complexity index is 310. The summed E-state index contributed by atoms with van der Waals surface area (Å²) in [7, 11) is 0. The molecule has 0 aromatic heterocycles. The number of hydrogen-bond donors (Lipinski definition) is 0. The van der Waals surface area contributed by atoms with Crippen LogP contribution in [0.1, 0.15) is 12.5 Å². The Balaban J connectivity index is 2.69. The van der Waals surface area contributed by atoms with Crippen molar-refractivity contribution < 1.29 is 9.18 Å². The molecule has 0 radical (unpaired) electrons. The maximum Gasteiger partial charge on any atom is 0.154 e. The van der Waals surface area contributed by atoms with E-state index in [9.17, 15) is 9.18 Å². The summed E-state index contributed by atoms with van der Waals surface area (Å²) in [6, 6.07) is 5.98.